The van der Waals surface area contributed by atoms with Crippen molar-refractivity contribution in [1.29, 1.82) is 0 Å². The number of carbonyl (C=O) groups is 1. The van der Waals surface area contributed by atoms with Crippen LogP contribution in [0.4, 0.5) is 0 Å². The maximum absolute atomic E-state index is 10.9. The van der Waals surface area contributed by atoms with Crippen LogP contribution in [0.3, 0.4) is 0 Å². The van der Waals surface area contributed by atoms with Crippen LogP contribution in [0.15, 0.2) is 24.3 Å². The molecule has 84 valence electrons. The van der Waals surface area contributed by atoms with Crippen molar-refractivity contribution >= 4 is 6.29 Å². The SMILES string of the molecule is C=CCC(C=O)CC1CC=C(C)C1(C)C. The predicted molar refractivity (Wildman–Crippen MR) is 64.6 cm³/mol. The third-order valence-electron chi connectivity index (χ3n) is 3.99. The summed E-state index contributed by atoms with van der Waals surface area (Å²) in [5.41, 5.74) is 1.73. The molecule has 1 aliphatic rings. The van der Waals surface area contributed by atoms with Gasteiger partial charge < -0.3 is 4.79 Å². The van der Waals surface area contributed by atoms with E-state index in [0.717, 1.165) is 25.5 Å². The Hall–Kier alpha value is -0.850. The van der Waals surface area contributed by atoms with E-state index in [4.69, 9.17) is 0 Å². The highest BCUT2D eigenvalue weighted by Gasteiger charge is 2.35. The lowest BCUT2D eigenvalue weighted by Crippen LogP contribution is -2.23. The van der Waals surface area contributed by atoms with Crippen molar-refractivity contribution < 1.29 is 4.79 Å². The second kappa shape index (κ2) is 4.78. The Morgan fingerprint density at radius 3 is 2.73 bits per heavy atom. The normalized spacial score (nSPS) is 25.8. The molecular weight excluding hydrogens is 184 g/mol. The molecule has 0 N–H and O–H groups in total. The van der Waals surface area contributed by atoms with E-state index in [2.05, 4.69) is 33.4 Å². The van der Waals surface area contributed by atoms with Gasteiger partial charge in [-0.1, -0.05) is 31.6 Å². The average Bonchev–Trinajstić information content (AvgIpc) is 2.44. The molecule has 0 heterocycles. The van der Waals surface area contributed by atoms with Crippen molar-refractivity contribution in [3.05, 3.63) is 24.3 Å². The van der Waals surface area contributed by atoms with Crippen LogP contribution >= 0.6 is 0 Å². The molecule has 1 rings (SSSR count). The first-order valence-electron chi connectivity index (χ1n) is 5.75. The van der Waals surface area contributed by atoms with Gasteiger partial charge in [0.15, 0.2) is 0 Å². The van der Waals surface area contributed by atoms with Crippen molar-refractivity contribution in [2.45, 2.75) is 40.0 Å². The largest absolute Gasteiger partial charge is 0.303 e. The van der Waals surface area contributed by atoms with Crippen molar-refractivity contribution in [1.82, 2.24) is 0 Å². The van der Waals surface area contributed by atoms with Gasteiger partial charge in [-0.2, -0.15) is 0 Å². The monoisotopic (exact) mass is 206 g/mol. The molecule has 0 saturated heterocycles. The molecule has 0 aromatic carbocycles. The van der Waals surface area contributed by atoms with Crippen LogP contribution in [-0.2, 0) is 4.79 Å². The highest BCUT2D eigenvalue weighted by Crippen LogP contribution is 2.45. The third-order valence-corrected chi connectivity index (χ3v) is 3.99. The molecule has 0 amide bonds. The molecule has 0 saturated carbocycles. The van der Waals surface area contributed by atoms with Crippen molar-refractivity contribution in [2.24, 2.45) is 17.3 Å². The predicted octanol–water partition coefficient (Wildman–Crippen LogP) is 3.76. The zero-order valence-electron chi connectivity index (χ0n) is 10.1. The molecule has 0 spiro atoms. The number of rotatable bonds is 5. The Morgan fingerprint density at radius 2 is 2.33 bits per heavy atom. The van der Waals surface area contributed by atoms with Crippen LogP contribution < -0.4 is 0 Å². The van der Waals surface area contributed by atoms with Crippen LogP contribution in [0.5, 0.6) is 0 Å². The molecular formula is C14H22O. The van der Waals surface area contributed by atoms with E-state index in [-0.39, 0.29) is 11.3 Å². The number of aldehydes is 1. The van der Waals surface area contributed by atoms with Gasteiger partial charge in [0.05, 0.1) is 0 Å². The maximum atomic E-state index is 10.9. The van der Waals surface area contributed by atoms with Crippen LogP contribution in [0.25, 0.3) is 0 Å². The smallest absolute Gasteiger partial charge is 0.123 e. The van der Waals surface area contributed by atoms with Crippen LogP contribution in [-0.4, -0.2) is 6.29 Å². The molecule has 2 unspecified atom stereocenters. The Labute approximate surface area is 93.3 Å². The van der Waals surface area contributed by atoms with Crippen molar-refractivity contribution in [3.63, 3.8) is 0 Å². The molecule has 15 heavy (non-hydrogen) atoms. The minimum Gasteiger partial charge on any atom is -0.303 e. The first-order valence-corrected chi connectivity index (χ1v) is 5.75. The fourth-order valence-electron chi connectivity index (χ4n) is 2.38. The summed E-state index contributed by atoms with van der Waals surface area (Å²) in [5, 5.41) is 0. The lowest BCUT2D eigenvalue weighted by atomic mass is 9.73. The lowest BCUT2D eigenvalue weighted by molar-refractivity contribution is -0.111. The summed E-state index contributed by atoms with van der Waals surface area (Å²) in [5.74, 6) is 0.777. The summed E-state index contributed by atoms with van der Waals surface area (Å²) in [6, 6.07) is 0. The van der Waals surface area contributed by atoms with E-state index in [9.17, 15) is 4.79 Å². The summed E-state index contributed by atoms with van der Waals surface area (Å²) in [7, 11) is 0. The summed E-state index contributed by atoms with van der Waals surface area (Å²) in [6.45, 7) is 10.5. The van der Waals surface area contributed by atoms with E-state index < -0.39 is 0 Å². The molecule has 1 nitrogen and oxygen atoms in total. The van der Waals surface area contributed by atoms with Crippen LogP contribution in [0.1, 0.15) is 40.0 Å². The van der Waals surface area contributed by atoms with Gasteiger partial charge in [-0.25, -0.2) is 0 Å². The Bertz CT molecular complexity index is 273. The first-order chi connectivity index (χ1) is 7.02. The Balaban J connectivity index is 2.60. The first kappa shape index (κ1) is 12.2. The van der Waals surface area contributed by atoms with Gasteiger partial charge in [0.2, 0.25) is 0 Å². The average molecular weight is 206 g/mol. The molecule has 1 aliphatic carbocycles. The number of allylic oxidation sites excluding steroid dienone is 3. The molecule has 0 aromatic rings. The van der Waals surface area contributed by atoms with E-state index >= 15 is 0 Å². The maximum Gasteiger partial charge on any atom is 0.123 e. The van der Waals surface area contributed by atoms with E-state index in [0.29, 0.717) is 5.92 Å². The third kappa shape index (κ3) is 2.58. The standard InChI is InChI=1S/C14H22O/c1-5-6-12(10-15)9-13-8-7-11(2)14(13,3)4/h5,7,10,12-13H,1,6,8-9H2,2-4H3. The number of hydrogen-bond acceptors (Lipinski definition) is 1. The number of carbonyl (C=O) groups excluding carboxylic acids is 1. The van der Waals surface area contributed by atoms with Gasteiger partial charge in [-0.3, -0.25) is 0 Å². The highest BCUT2D eigenvalue weighted by atomic mass is 16.1. The molecule has 1 heteroatoms. The van der Waals surface area contributed by atoms with E-state index in [1.165, 1.54) is 5.57 Å². The fourth-order valence-corrected chi connectivity index (χ4v) is 2.38. The van der Waals surface area contributed by atoms with Crippen molar-refractivity contribution in [2.75, 3.05) is 0 Å². The fraction of sp³-hybridized carbons (Fsp3) is 0.643. The topological polar surface area (TPSA) is 17.1 Å². The van der Waals surface area contributed by atoms with Crippen molar-refractivity contribution in [3.8, 4) is 0 Å². The zero-order chi connectivity index (χ0) is 11.5. The summed E-state index contributed by atoms with van der Waals surface area (Å²) >= 11 is 0. The molecule has 0 radical (unpaired) electrons. The summed E-state index contributed by atoms with van der Waals surface area (Å²) in [6.07, 6.45) is 8.19. The molecule has 0 aliphatic heterocycles. The summed E-state index contributed by atoms with van der Waals surface area (Å²) < 4.78 is 0. The van der Waals surface area contributed by atoms with Gasteiger partial charge in [-0.05, 0) is 37.5 Å². The van der Waals surface area contributed by atoms with Gasteiger partial charge in [0.1, 0.15) is 6.29 Å². The minimum atomic E-state index is 0.158. The zero-order valence-corrected chi connectivity index (χ0v) is 10.1. The Morgan fingerprint density at radius 1 is 1.67 bits per heavy atom. The minimum absolute atomic E-state index is 0.158. The van der Waals surface area contributed by atoms with Gasteiger partial charge in [0, 0.05) is 5.92 Å². The molecule has 2 atom stereocenters. The van der Waals surface area contributed by atoms with Gasteiger partial charge >= 0.3 is 0 Å². The van der Waals surface area contributed by atoms with Gasteiger partial charge in [-0.15, -0.1) is 6.58 Å². The van der Waals surface area contributed by atoms with E-state index in [1.807, 2.05) is 6.08 Å². The Kier molecular flexibility index (Phi) is 3.90. The molecule has 0 fully saturated rings. The quantitative estimate of drug-likeness (QED) is 0.494. The lowest BCUT2D eigenvalue weighted by Gasteiger charge is -2.31. The van der Waals surface area contributed by atoms with Crippen LogP contribution in [0, 0.1) is 17.3 Å². The van der Waals surface area contributed by atoms with Crippen LogP contribution in [0.2, 0.25) is 0 Å². The van der Waals surface area contributed by atoms with Gasteiger partial charge in [0.25, 0.3) is 0 Å². The van der Waals surface area contributed by atoms with E-state index in [1.54, 1.807) is 0 Å². The molecule has 0 bridgehead atoms. The second-order valence-electron chi connectivity index (χ2n) is 5.20. The second-order valence-corrected chi connectivity index (χ2v) is 5.20. The highest BCUT2D eigenvalue weighted by molar-refractivity contribution is 5.53. The number of hydrogen-bond donors (Lipinski definition) is 0. The summed E-state index contributed by atoms with van der Waals surface area (Å²) in [4.78, 5) is 10.9. The molecule has 0 aromatic heterocycles.